The monoisotopic (exact) mass is 402 g/mol. The predicted octanol–water partition coefficient (Wildman–Crippen LogP) is 1.39. The van der Waals surface area contributed by atoms with E-state index >= 15 is 0 Å². The number of hydrogen-bond donors (Lipinski definition) is 0. The van der Waals surface area contributed by atoms with Crippen LogP contribution in [0, 0.1) is 0 Å². The number of sulfonamides is 2. The van der Waals surface area contributed by atoms with Crippen molar-refractivity contribution in [2.24, 2.45) is 6.98 Å². The molecule has 0 saturated heterocycles. The lowest BCUT2D eigenvalue weighted by molar-refractivity contribution is -0.693. The molecule has 136 valence electrons. The number of halogens is 6. The molecule has 0 fully saturated rings. The summed E-state index contributed by atoms with van der Waals surface area (Å²) in [6.45, 7) is -9.34. The van der Waals surface area contributed by atoms with E-state index in [4.69, 9.17) is 15.1 Å². The van der Waals surface area contributed by atoms with Crippen LogP contribution < -0.4 is 4.57 Å². The Balaban J connectivity index is 0.000000661. The summed E-state index contributed by atoms with van der Waals surface area (Å²) in [6.07, 6.45) is -3.00. The Morgan fingerprint density at radius 1 is 1.17 bits per heavy atom. The highest BCUT2D eigenvalue weighted by Crippen LogP contribution is 2.36. The number of hydrogen-bond acceptors (Lipinski definition) is 4. The number of aromatic nitrogens is 2. The first-order valence-corrected chi connectivity index (χ1v) is 7.30. The Bertz CT molecular complexity index is 1080. The maximum atomic E-state index is 11.4. The molecule has 0 saturated carbocycles. The van der Waals surface area contributed by atoms with Gasteiger partial charge in [0.05, 0.1) is 20.3 Å². The maximum absolute atomic E-state index is 11.4. The molecule has 0 aliphatic rings. The van der Waals surface area contributed by atoms with Gasteiger partial charge in [-0.1, -0.05) is 0 Å². The maximum Gasteiger partial charge on any atom is 0.480 e. The van der Waals surface area contributed by atoms with Gasteiger partial charge < -0.3 is 4.13 Å². The molecule has 0 aliphatic carbocycles. The topological polar surface area (TPSA) is 91.2 Å². The van der Waals surface area contributed by atoms with E-state index in [1.807, 2.05) is 0 Å². The molecule has 0 amide bonds. The highest BCUT2D eigenvalue weighted by Gasteiger charge is 2.46. The van der Waals surface area contributed by atoms with Crippen LogP contribution in [-0.2, 0) is 33.5 Å². The fourth-order valence-electron chi connectivity index (χ4n) is 0.517. The lowest BCUT2D eigenvalue weighted by Crippen LogP contribution is -2.30. The van der Waals surface area contributed by atoms with E-state index in [0.717, 1.165) is 4.13 Å². The summed E-state index contributed by atoms with van der Waals surface area (Å²) in [6, 6.07) is 0. The smallest absolute Gasteiger partial charge is 0.421 e. The van der Waals surface area contributed by atoms with Crippen LogP contribution in [0.25, 0.3) is 4.13 Å². The number of imidazole rings is 1. The van der Waals surface area contributed by atoms with Gasteiger partial charge in [0.1, 0.15) is 15.1 Å². The van der Waals surface area contributed by atoms with E-state index in [0.29, 0.717) is 0 Å². The van der Waals surface area contributed by atoms with Gasteiger partial charge in [-0.25, -0.2) is 26.0 Å². The van der Waals surface area contributed by atoms with Gasteiger partial charge in [0.25, 0.3) is 0 Å². The van der Waals surface area contributed by atoms with Gasteiger partial charge in [-0.05, 0) is 6.85 Å². The van der Waals surface area contributed by atoms with Gasteiger partial charge in [-0.2, -0.15) is 26.3 Å². The van der Waals surface area contributed by atoms with Crippen molar-refractivity contribution < 1.29 is 62.8 Å². The minimum atomic E-state index is -6.72. The fraction of sp³-hybridized carbons (Fsp3) is 0.625. The molecule has 0 aromatic carbocycles. The van der Waals surface area contributed by atoms with E-state index < -0.39 is 70.0 Å². The van der Waals surface area contributed by atoms with Gasteiger partial charge in [-0.3, -0.25) is 0 Å². The molecular weight excluding hydrogens is 380 g/mol. The zero-order chi connectivity index (χ0) is 28.1. The highest BCUT2D eigenvalue weighted by atomic mass is 32.3. The molecule has 0 radical (unpaired) electrons. The number of rotatable bonds is 3. The third-order valence-electron chi connectivity index (χ3n) is 1.37. The average Bonchev–Trinajstić information content (AvgIpc) is 2.72. The standard InChI is InChI=1S/C6H11N2.C2F6NO4S2/c1-3-8-5-4-7(2)6-8;3-1(4,5)14(10,11)9-15(12,13)2(6,7)8/h4-6H,3H2,1-2H3;/q+1;-1/i1D3,2D3,3D2,4D,5D,6D;. The SMILES string of the molecule is O=S(=O)([N-]S(=O)(=O)C(F)(F)F)C(F)(F)F.[2H]c1c([2H])[n+](C([2H])([2H])C([2H])([2H])[2H])c([2H])n1C([2H])([2H])[2H]. The molecule has 0 spiro atoms. The second-order valence-electron chi connectivity index (χ2n) is 3.02. The van der Waals surface area contributed by atoms with Crippen LogP contribution >= 0.6 is 0 Å². The first-order chi connectivity index (χ1) is 14.4. The molecule has 0 N–H and O–H groups in total. The molecular formula is C8H11F6N3O4S2. The van der Waals surface area contributed by atoms with Gasteiger partial charge in [0.15, 0.2) is 21.4 Å². The molecule has 1 heterocycles. The third-order valence-corrected chi connectivity index (χ3v) is 4.11. The number of nitrogens with zero attached hydrogens (tertiary/aromatic N) is 3. The van der Waals surface area contributed by atoms with E-state index in [1.54, 1.807) is 0 Å². The summed E-state index contributed by atoms with van der Waals surface area (Å²) in [7, 11) is -13.4. The van der Waals surface area contributed by atoms with Gasteiger partial charge in [-0.15, -0.1) is 0 Å². The molecule has 0 bridgehead atoms. The largest absolute Gasteiger partial charge is 0.480 e. The molecule has 15 heteroatoms. The summed E-state index contributed by atoms with van der Waals surface area (Å²) in [5, 5.41) is 0. The van der Waals surface area contributed by atoms with Crippen LogP contribution in [0.4, 0.5) is 26.3 Å². The van der Waals surface area contributed by atoms with Gasteiger partial charge in [0, 0.05) is 4.11 Å². The van der Waals surface area contributed by atoms with Crippen LogP contribution in [0.1, 0.15) is 21.9 Å². The van der Waals surface area contributed by atoms with Crippen molar-refractivity contribution in [2.75, 3.05) is 0 Å². The van der Waals surface area contributed by atoms with E-state index in [9.17, 15) is 43.2 Å². The van der Waals surface area contributed by atoms with E-state index in [-0.39, 0.29) is 9.13 Å². The highest BCUT2D eigenvalue weighted by molar-refractivity contribution is 8.13. The second kappa shape index (κ2) is 7.04. The van der Waals surface area contributed by atoms with Crippen molar-refractivity contribution in [1.82, 2.24) is 4.57 Å². The Hall–Kier alpha value is -1.35. The van der Waals surface area contributed by atoms with Crippen molar-refractivity contribution in [3.8, 4) is 0 Å². The lowest BCUT2D eigenvalue weighted by Gasteiger charge is -2.22. The molecule has 1 aromatic rings. The van der Waals surface area contributed by atoms with Crippen LogP contribution in [0.2, 0.25) is 0 Å². The molecule has 0 unspecified atom stereocenters. The van der Waals surface area contributed by atoms with Crippen molar-refractivity contribution in [3.05, 3.63) is 22.8 Å². The molecule has 1 aromatic heterocycles. The molecule has 7 nitrogen and oxygen atoms in total. The van der Waals surface area contributed by atoms with Crippen LogP contribution in [-0.4, -0.2) is 32.4 Å². The zero-order valence-electron chi connectivity index (χ0n) is 21.1. The Kier molecular flexibility index (Phi) is 2.82. The van der Waals surface area contributed by atoms with Crippen molar-refractivity contribution in [1.29, 1.82) is 0 Å². The van der Waals surface area contributed by atoms with Crippen LogP contribution in [0.15, 0.2) is 18.6 Å². The quantitative estimate of drug-likeness (QED) is 0.564. The Labute approximate surface area is 143 Å². The van der Waals surface area contributed by atoms with Crippen LogP contribution in [0.3, 0.4) is 0 Å². The minimum absolute atomic E-state index is 0.0781. The lowest BCUT2D eigenvalue weighted by atomic mass is 10.7. The first kappa shape index (κ1) is 9.22. The number of alkyl halides is 6. The minimum Gasteiger partial charge on any atom is -0.421 e. The normalized spacial score (nSPS) is 22.1. The van der Waals surface area contributed by atoms with E-state index in [1.165, 1.54) is 0 Å². The average molecular weight is 402 g/mol. The van der Waals surface area contributed by atoms with Gasteiger partial charge >= 0.3 is 11.0 Å². The van der Waals surface area contributed by atoms with Crippen molar-refractivity contribution in [2.45, 2.75) is 24.4 Å². The Morgan fingerprint density at radius 2 is 1.65 bits per heavy atom. The zero-order valence-corrected chi connectivity index (χ0v) is 11.7. The molecule has 0 atom stereocenters. The van der Waals surface area contributed by atoms with Crippen molar-refractivity contribution >= 4 is 20.0 Å². The molecule has 0 aliphatic heterocycles. The summed E-state index contributed by atoms with van der Waals surface area (Å²) < 4.78 is 189. The molecule has 23 heavy (non-hydrogen) atoms. The Morgan fingerprint density at radius 3 is 1.96 bits per heavy atom. The predicted molar refractivity (Wildman–Crippen MR) is 64.6 cm³/mol. The van der Waals surface area contributed by atoms with Crippen molar-refractivity contribution in [3.63, 3.8) is 0 Å². The third kappa shape index (κ3) is 6.34. The second-order valence-corrected chi connectivity index (χ2v) is 6.44. The summed E-state index contributed by atoms with van der Waals surface area (Å²) >= 11 is 0. The summed E-state index contributed by atoms with van der Waals surface area (Å²) in [5.41, 5.74) is -12.4. The fourth-order valence-corrected chi connectivity index (χ4v) is 2.23. The summed E-state index contributed by atoms with van der Waals surface area (Å²) in [5.74, 6) is 0. The molecule has 1 rings (SSSR count). The summed E-state index contributed by atoms with van der Waals surface area (Å²) in [4.78, 5) is 0. The van der Waals surface area contributed by atoms with E-state index in [2.05, 4.69) is 0 Å². The first-order valence-electron chi connectivity index (χ1n) is 9.92. The van der Waals surface area contributed by atoms with Crippen LogP contribution in [0.5, 0.6) is 0 Å². The van der Waals surface area contributed by atoms with Gasteiger partial charge in [0.2, 0.25) is 6.30 Å².